The van der Waals surface area contributed by atoms with E-state index in [-0.39, 0.29) is 18.3 Å². The van der Waals surface area contributed by atoms with E-state index >= 15 is 0 Å². The number of phenols is 1. The highest BCUT2D eigenvalue weighted by Crippen LogP contribution is 2.37. The van der Waals surface area contributed by atoms with Crippen LogP contribution in [0.4, 0.5) is 5.82 Å². The molecule has 27 heavy (non-hydrogen) atoms. The second-order valence-electron chi connectivity index (χ2n) is 6.44. The first-order valence-corrected chi connectivity index (χ1v) is 9.73. The number of benzene rings is 2. The molecule has 138 valence electrons. The summed E-state index contributed by atoms with van der Waals surface area (Å²) in [5, 5.41) is 10.3. The minimum absolute atomic E-state index is 0.0421. The molecule has 1 aromatic heterocycles. The molecule has 0 saturated heterocycles. The van der Waals surface area contributed by atoms with Crippen LogP contribution in [0.3, 0.4) is 0 Å². The molecule has 6 heteroatoms. The lowest BCUT2D eigenvalue weighted by atomic mass is 10.2. The number of aromatic nitrogens is 1. The van der Waals surface area contributed by atoms with Crippen LogP contribution in [0.2, 0.25) is 0 Å². The molecule has 0 fully saturated rings. The molecule has 3 aromatic rings. The van der Waals surface area contributed by atoms with Crippen molar-refractivity contribution in [2.45, 2.75) is 19.4 Å². The van der Waals surface area contributed by atoms with E-state index in [4.69, 9.17) is 9.72 Å². The summed E-state index contributed by atoms with van der Waals surface area (Å²) in [6.07, 6.45) is 1.86. The van der Waals surface area contributed by atoms with Crippen molar-refractivity contribution in [2.24, 2.45) is 0 Å². The number of aryl methyl sites for hydroxylation is 1. The Labute approximate surface area is 161 Å². The Morgan fingerprint density at radius 2 is 1.93 bits per heavy atom. The Balaban J connectivity index is 1.46. The third-order valence-corrected chi connectivity index (χ3v) is 5.62. The van der Waals surface area contributed by atoms with Crippen LogP contribution < -0.4 is 4.90 Å². The molecule has 0 spiro atoms. The van der Waals surface area contributed by atoms with Crippen molar-refractivity contribution >= 4 is 23.1 Å². The monoisotopic (exact) mass is 380 g/mol. The molecule has 0 radical (unpaired) electrons. The average Bonchev–Trinajstić information content (AvgIpc) is 3.13. The Morgan fingerprint density at radius 3 is 2.70 bits per heavy atom. The zero-order chi connectivity index (χ0) is 18.6. The van der Waals surface area contributed by atoms with Crippen molar-refractivity contribution in [1.29, 1.82) is 0 Å². The van der Waals surface area contributed by atoms with Crippen LogP contribution in [-0.4, -0.2) is 29.1 Å². The van der Waals surface area contributed by atoms with Gasteiger partial charge in [-0.15, -0.1) is 11.3 Å². The highest BCUT2D eigenvalue weighted by Gasteiger charge is 2.27. The van der Waals surface area contributed by atoms with Crippen LogP contribution in [0.1, 0.15) is 16.9 Å². The number of thiazole rings is 1. The Bertz CT molecular complexity index is 922. The summed E-state index contributed by atoms with van der Waals surface area (Å²) >= 11 is 1.61. The van der Waals surface area contributed by atoms with Crippen LogP contribution in [-0.2, 0) is 22.6 Å². The first-order chi connectivity index (χ1) is 13.2. The fourth-order valence-electron chi connectivity index (χ4n) is 3.10. The molecule has 5 nitrogen and oxygen atoms in total. The van der Waals surface area contributed by atoms with Gasteiger partial charge in [0.1, 0.15) is 23.2 Å². The Morgan fingerprint density at radius 1 is 1.15 bits per heavy atom. The molecule has 4 rings (SSSR count). The van der Waals surface area contributed by atoms with Gasteiger partial charge in [0, 0.05) is 17.0 Å². The summed E-state index contributed by atoms with van der Waals surface area (Å²) in [6.45, 7) is 1.13. The van der Waals surface area contributed by atoms with E-state index in [1.165, 1.54) is 0 Å². The van der Waals surface area contributed by atoms with Crippen molar-refractivity contribution < 1.29 is 14.6 Å². The maximum Gasteiger partial charge on any atom is 0.254 e. The second kappa shape index (κ2) is 7.90. The zero-order valence-corrected chi connectivity index (χ0v) is 15.6. The summed E-state index contributed by atoms with van der Waals surface area (Å²) in [5.74, 6) is 0.921. The first-order valence-electron chi connectivity index (χ1n) is 8.92. The van der Waals surface area contributed by atoms with Crippen LogP contribution in [0, 0.1) is 0 Å². The third kappa shape index (κ3) is 4.02. The quantitative estimate of drug-likeness (QED) is 0.726. The number of nitrogens with zero attached hydrogens (tertiary/aromatic N) is 2. The standard InChI is InChI=1S/C21H20N2O3S/c24-17-10-8-16(9-11-17)21-22-20-18(27-21)7-4-12-23(20)19(25)14-26-13-15-5-2-1-3-6-15/h1-3,5-6,8-11,24H,4,7,12-14H2. The molecule has 1 aliphatic rings. The van der Waals surface area contributed by atoms with Crippen molar-refractivity contribution in [2.75, 3.05) is 18.1 Å². The molecule has 1 N–H and O–H groups in total. The molecule has 0 unspecified atom stereocenters. The SMILES string of the molecule is O=C(COCc1ccccc1)N1CCCc2sc(-c3ccc(O)cc3)nc21. The van der Waals surface area contributed by atoms with E-state index < -0.39 is 0 Å². The molecule has 2 aromatic carbocycles. The van der Waals surface area contributed by atoms with Gasteiger partial charge in [-0.05, 0) is 42.7 Å². The number of ether oxygens (including phenoxy) is 1. The zero-order valence-electron chi connectivity index (χ0n) is 14.8. The number of fused-ring (bicyclic) bond motifs is 1. The number of hydrogen-bond donors (Lipinski definition) is 1. The van der Waals surface area contributed by atoms with E-state index in [1.54, 1.807) is 28.4 Å². The van der Waals surface area contributed by atoms with Gasteiger partial charge >= 0.3 is 0 Å². The van der Waals surface area contributed by atoms with Gasteiger partial charge in [-0.25, -0.2) is 4.98 Å². The lowest BCUT2D eigenvalue weighted by molar-refractivity contribution is -0.123. The fraction of sp³-hybridized carbons (Fsp3) is 0.238. The lowest BCUT2D eigenvalue weighted by Crippen LogP contribution is -2.37. The summed E-state index contributed by atoms with van der Waals surface area (Å²) in [7, 11) is 0. The maximum absolute atomic E-state index is 12.7. The smallest absolute Gasteiger partial charge is 0.254 e. The number of aromatic hydroxyl groups is 1. The minimum Gasteiger partial charge on any atom is -0.508 e. The van der Waals surface area contributed by atoms with Crippen LogP contribution in [0.25, 0.3) is 10.6 Å². The number of rotatable bonds is 5. The lowest BCUT2D eigenvalue weighted by Gasteiger charge is -2.25. The number of amides is 1. The molecule has 0 atom stereocenters. The number of carbonyl (C=O) groups is 1. The van der Waals surface area contributed by atoms with Gasteiger partial charge in [0.25, 0.3) is 5.91 Å². The van der Waals surface area contributed by atoms with Crippen molar-refractivity contribution in [1.82, 2.24) is 4.98 Å². The molecular formula is C21H20N2O3S. The highest BCUT2D eigenvalue weighted by atomic mass is 32.1. The van der Waals surface area contributed by atoms with E-state index in [9.17, 15) is 9.90 Å². The predicted molar refractivity (Wildman–Crippen MR) is 106 cm³/mol. The van der Waals surface area contributed by atoms with E-state index in [0.29, 0.717) is 13.2 Å². The normalized spacial score (nSPS) is 13.4. The first kappa shape index (κ1) is 17.7. The molecule has 0 aliphatic carbocycles. The molecule has 1 aliphatic heterocycles. The van der Waals surface area contributed by atoms with Gasteiger partial charge in [0.2, 0.25) is 0 Å². The number of phenolic OH excluding ortho intramolecular Hbond substituents is 1. The number of anilines is 1. The second-order valence-corrected chi connectivity index (χ2v) is 7.52. The molecule has 2 heterocycles. The van der Waals surface area contributed by atoms with Crippen molar-refractivity contribution in [3.63, 3.8) is 0 Å². The average molecular weight is 380 g/mol. The van der Waals surface area contributed by atoms with Gasteiger partial charge < -0.3 is 9.84 Å². The molecule has 0 saturated carbocycles. The van der Waals surface area contributed by atoms with Gasteiger partial charge in [0.05, 0.1) is 6.61 Å². The molecular weight excluding hydrogens is 360 g/mol. The third-order valence-electron chi connectivity index (χ3n) is 4.47. The Hall–Kier alpha value is -2.70. The van der Waals surface area contributed by atoms with E-state index in [1.807, 2.05) is 42.5 Å². The minimum atomic E-state index is -0.0607. The van der Waals surface area contributed by atoms with Crippen LogP contribution in [0.5, 0.6) is 5.75 Å². The van der Waals surface area contributed by atoms with E-state index in [0.717, 1.165) is 39.7 Å². The van der Waals surface area contributed by atoms with Gasteiger partial charge in [0.15, 0.2) is 0 Å². The number of hydrogen-bond acceptors (Lipinski definition) is 5. The largest absolute Gasteiger partial charge is 0.508 e. The summed E-state index contributed by atoms with van der Waals surface area (Å²) < 4.78 is 5.61. The van der Waals surface area contributed by atoms with E-state index in [2.05, 4.69) is 0 Å². The topological polar surface area (TPSA) is 62.7 Å². The highest BCUT2D eigenvalue weighted by molar-refractivity contribution is 7.15. The number of carbonyl (C=O) groups excluding carboxylic acids is 1. The van der Waals surface area contributed by atoms with Gasteiger partial charge in [-0.1, -0.05) is 30.3 Å². The van der Waals surface area contributed by atoms with Crippen molar-refractivity contribution in [3.05, 3.63) is 65.0 Å². The molecule has 1 amide bonds. The van der Waals surface area contributed by atoms with Gasteiger partial charge in [-0.3, -0.25) is 9.69 Å². The van der Waals surface area contributed by atoms with Crippen molar-refractivity contribution in [3.8, 4) is 16.3 Å². The summed E-state index contributed by atoms with van der Waals surface area (Å²) in [6, 6.07) is 16.8. The molecule has 0 bridgehead atoms. The summed E-state index contributed by atoms with van der Waals surface area (Å²) in [5.41, 5.74) is 1.99. The Kier molecular flexibility index (Phi) is 5.18. The maximum atomic E-state index is 12.7. The van der Waals surface area contributed by atoms with Crippen LogP contribution >= 0.6 is 11.3 Å². The fourth-order valence-corrected chi connectivity index (χ4v) is 4.21. The predicted octanol–water partition coefficient (Wildman–Crippen LogP) is 4.01. The van der Waals surface area contributed by atoms with Crippen LogP contribution in [0.15, 0.2) is 54.6 Å². The summed E-state index contributed by atoms with van der Waals surface area (Å²) in [4.78, 5) is 20.2. The van der Waals surface area contributed by atoms with Gasteiger partial charge in [-0.2, -0.15) is 0 Å².